The van der Waals surface area contributed by atoms with Crippen LogP contribution in [0.4, 0.5) is 0 Å². The van der Waals surface area contributed by atoms with Crippen LogP contribution in [0.3, 0.4) is 0 Å². The van der Waals surface area contributed by atoms with E-state index in [9.17, 15) is 9.59 Å². The Morgan fingerprint density at radius 2 is 1.80 bits per heavy atom. The topological polar surface area (TPSA) is 97.2 Å². The maximum absolute atomic E-state index is 11.7. The number of carbonyl (C=O) groups excluding carboxylic acids is 1. The summed E-state index contributed by atoms with van der Waals surface area (Å²) in [6.45, 7) is 1.34. The van der Waals surface area contributed by atoms with E-state index in [2.05, 4.69) is 10.5 Å². The second-order valence-corrected chi connectivity index (χ2v) is 5.12. The first-order chi connectivity index (χ1) is 12.0. The number of carboxylic acids is 1. The number of rotatable bonds is 8. The molecule has 0 heterocycles. The molecular formula is C18H18N2O5. The van der Waals surface area contributed by atoms with Gasteiger partial charge in [0, 0.05) is 5.56 Å². The zero-order valence-corrected chi connectivity index (χ0v) is 13.6. The summed E-state index contributed by atoms with van der Waals surface area (Å²) in [6, 6.07) is 14.1. The smallest absolute Gasteiger partial charge is 0.341 e. The minimum atomic E-state index is -1.08. The van der Waals surface area contributed by atoms with E-state index < -0.39 is 18.5 Å². The van der Waals surface area contributed by atoms with Gasteiger partial charge in [-0.05, 0) is 31.2 Å². The van der Waals surface area contributed by atoms with Gasteiger partial charge in [0.2, 0.25) is 0 Å². The molecule has 0 saturated carbocycles. The van der Waals surface area contributed by atoms with Crippen LogP contribution in [-0.4, -0.2) is 36.4 Å². The van der Waals surface area contributed by atoms with Crippen molar-refractivity contribution in [3.05, 3.63) is 59.7 Å². The average molecular weight is 342 g/mol. The Balaban J connectivity index is 1.84. The molecule has 0 fully saturated rings. The van der Waals surface area contributed by atoms with E-state index in [1.165, 1.54) is 6.21 Å². The molecule has 2 aromatic carbocycles. The summed E-state index contributed by atoms with van der Waals surface area (Å²) in [6.07, 6.45) is 1.38. The molecule has 130 valence electrons. The van der Waals surface area contributed by atoms with Gasteiger partial charge in [-0.25, -0.2) is 10.2 Å². The Bertz CT molecular complexity index is 756. The molecule has 7 nitrogen and oxygen atoms in total. The van der Waals surface area contributed by atoms with Crippen LogP contribution in [-0.2, 0) is 9.59 Å². The predicted molar refractivity (Wildman–Crippen MR) is 92.0 cm³/mol. The molecule has 2 aromatic rings. The number of carbonyl (C=O) groups is 2. The summed E-state index contributed by atoms with van der Waals surface area (Å²) in [5, 5.41) is 12.5. The van der Waals surface area contributed by atoms with E-state index in [0.717, 1.165) is 5.56 Å². The van der Waals surface area contributed by atoms with Crippen LogP contribution in [0.5, 0.6) is 11.5 Å². The Morgan fingerprint density at radius 3 is 2.52 bits per heavy atom. The van der Waals surface area contributed by atoms with E-state index in [1.807, 2.05) is 19.1 Å². The average Bonchev–Trinajstić information content (AvgIpc) is 2.60. The second-order valence-electron chi connectivity index (χ2n) is 5.12. The lowest BCUT2D eigenvalue weighted by molar-refractivity contribution is -0.139. The molecule has 0 aliphatic heterocycles. The van der Waals surface area contributed by atoms with Crippen LogP contribution in [0.1, 0.15) is 11.1 Å². The third kappa shape index (κ3) is 6.34. The molecule has 0 radical (unpaired) electrons. The molecule has 0 aliphatic rings. The molecule has 25 heavy (non-hydrogen) atoms. The molecule has 0 spiro atoms. The monoisotopic (exact) mass is 342 g/mol. The molecule has 2 N–H and O–H groups in total. The SMILES string of the molecule is Cc1ccc(OCC(=O)N/N=C\c2ccccc2OCC(=O)O)cc1. The Hall–Kier alpha value is -3.35. The lowest BCUT2D eigenvalue weighted by atomic mass is 10.2. The molecule has 0 bridgehead atoms. The lowest BCUT2D eigenvalue weighted by Gasteiger charge is -2.07. The second kappa shape index (κ2) is 9.07. The van der Waals surface area contributed by atoms with Crippen LogP contribution < -0.4 is 14.9 Å². The van der Waals surface area contributed by atoms with Gasteiger partial charge >= 0.3 is 5.97 Å². The largest absolute Gasteiger partial charge is 0.484 e. The van der Waals surface area contributed by atoms with Crippen molar-refractivity contribution in [1.29, 1.82) is 0 Å². The molecule has 0 aliphatic carbocycles. The molecule has 1 amide bonds. The first kappa shape index (κ1) is 18.0. The van der Waals surface area contributed by atoms with Crippen molar-refractivity contribution in [3.63, 3.8) is 0 Å². The summed E-state index contributed by atoms with van der Waals surface area (Å²) >= 11 is 0. The van der Waals surface area contributed by atoms with Gasteiger partial charge in [0.25, 0.3) is 5.91 Å². The Labute approximate surface area is 144 Å². The van der Waals surface area contributed by atoms with Gasteiger partial charge in [0.1, 0.15) is 11.5 Å². The summed E-state index contributed by atoms with van der Waals surface area (Å²) in [7, 11) is 0. The quantitative estimate of drug-likeness (QED) is 0.565. The van der Waals surface area contributed by atoms with Gasteiger partial charge in [0.15, 0.2) is 13.2 Å². The first-order valence-electron chi connectivity index (χ1n) is 7.49. The number of para-hydroxylation sites is 1. The van der Waals surface area contributed by atoms with Gasteiger partial charge in [-0.2, -0.15) is 5.10 Å². The summed E-state index contributed by atoms with van der Waals surface area (Å²) in [4.78, 5) is 22.3. The van der Waals surface area contributed by atoms with E-state index in [-0.39, 0.29) is 6.61 Å². The minimum Gasteiger partial charge on any atom is -0.484 e. The number of hydrogen-bond acceptors (Lipinski definition) is 5. The van der Waals surface area contributed by atoms with Crippen molar-refractivity contribution in [3.8, 4) is 11.5 Å². The van der Waals surface area contributed by atoms with Crippen LogP contribution in [0, 0.1) is 6.92 Å². The number of nitrogens with one attached hydrogen (secondary N) is 1. The fraction of sp³-hybridized carbons (Fsp3) is 0.167. The van der Waals surface area contributed by atoms with E-state index in [4.69, 9.17) is 14.6 Å². The fourth-order valence-electron chi connectivity index (χ4n) is 1.85. The van der Waals surface area contributed by atoms with Crippen molar-refractivity contribution in [2.75, 3.05) is 13.2 Å². The van der Waals surface area contributed by atoms with Gasteiger partial charge in [0.05, 0.1) is 6.21 Å². The normalized spacial score (nSPS) is 10.4. The molecule has 7 heteroatoms. The standard InChI is InChI=1S/C18H18N2O5/c1-13-6-8-15(9-7-13)24-11-17(21)20-19-10-14-4-2-3-5-16(14)25-12-18(22)23/h2-10H,11-12H2,1H3,(H,20,21)(H,22,23)/b19-10-. The van der Waals surface area contributed by atoms with Gasteiger partial charge in [-0.1, -0.05) is 29.8 Å². The molecule has 0 atom stereocenters. The van der Waals surface area contributed by atoms with Gasteiger partial charge in [-0.15, -0.1) is 0 Å². The van der Waals surface area contributed by atoms with Crippen LogP contribution >= 0.6 is 0 Å². The van der Waals surface area contributed by atoms with Crippen LogP contribution in [0.15, 0.2) is 53.6 Å². The highest BCUT2D eigenvalue weighted by Gasteiger charge is 2.04. The van der Waals surface area contributed by atoms with Crippen molar-refractivity contribution in [2.24, 2.45) is 5.10 Å². The molecule has 2 rings (SSSR count). The highest BCUT2D eigenvalue weighted by atomic mass is 16.5. The molecule has 0 saturated heterocycles. The Morgan fingerprint density at radius 1 is 1.08 bits per heavy atom. The lowest BCUT2D eigenvalue weighted by Crippen LogP contribution is -2.24. The number of aryl methyl sites for hydroxylation is 1. The summed E-state index contributed by atoms with van der Waals surface area (Å²) in [5.74, 6) is -0.537. The number of ether oxygens (including phenoxy) is 2. The maximum Gasteiger partial charge on any atom is 0.341 e. The molecular weight excluding hydrogens is 324 g/mol. The highest BCUT2D eigenvalue weighted by molar-refractivity contribution is 5.85. The third-order valence-electron chi connectivity index (χ3n) is 3.05. The van der Waals surface area contributed by atoms with Crippen molar-refractivity contribution in [2.45, 2.75) is 6.92 Å². The Kier molecular flexibility index (Phi) is 6.53. The van der Waals surface area contributed by atoms with Crippen LogP contribution in [0.25, 0.3) is 0 Å². The predicted octanol–water partition coefficient (Wildman–Crippen LogP) is 1.99. The van der Waals surface area contributed by atoms with Gasteiger partial charge < -0.3 is 14.6 Å². The minimum absolute atomic E-state index is 0.169. The zero-order valence-electron chi connectivity index (χ0n) is 13.6. The molecule has 0 aromatic heterocycles. The number of aliphatic carboxylic acids is 1. The fourth-order valence-corrected chi connectivity index (χ4v) is 1.85. The number of hydrogen-bond donors (Lipinski definition) is 2. The van der Waals surface area contributed by atoms with Crippen molar-refractivity contribution in [1.82, 2.24) is 5.43 Å². The van der Waals surface area contributed by atoms with E-state index in [1.54, 1.807) is 36.4 Å². The zero-order chi connectivity index (χ0) is 18.1. The third-order valence-corrected chi connectivity index (χ3v) is 3.05. The maximum atomic E-state index is 11.7. The summed E-state index contributed by atoms with van der Waals surface area (Å²) in [5.41, 5.74) is 3.99. The van der Waals surface area contributed by atoms with E-state index in [0.29, 0.717) is 17.1 Å². The number of hydrazone groups is 1. The van der Waals surface area contributed by atoms with E-state index >= 15 is 0 Å². The first-order valence-corrected chi connectivity index (χ1v) is 7.49. The van der Waals surface area contributed by atoms with Crippen LogP contribution in [0.2, 0.25) is 0 Å². The number of nitrogens with zero attached hydrogens (tertiary/aromatic N) is 1. The number of amides is 1. The van der Waals surface area contributed by atoms with Crippen molar-refractivity contribution >= 4 is 18.1 Å². The number of carboxylic acid groups (broad SMARTS) is 1. The number of benzene rings is 2. The molecule has 0 unspecified atom stereocenters. The van der Waals surface area contributed by atoms with Gasteiger partial charge in [-0.3, -0.25) is 4.79 Å². The highest BCUT2D eigenvalue weighted by Crippen LogP contribution is 2.15. The van der Waals surface area contributed by atoms with Crippen molar-refractivity contribution < 1.29 is 24.2 Å². The summed E-state index contributed by atoms with van der Waals surface area (Å²) < 4.78 is 10.5.